The molecular formula is C13H18ClN3O3. The predicted molar refractivity (Wildman–Crippen MR) is 79.1 cm³/mol. The Morgan fingerprint density at radius 3 is 2.60 bits per heavy atom. The second kappa shape index (κ2) is 7.69. The van der Waals surface area contributed by atoms with E-state index in [0.29, 0.717) is 19.6 Å². The molecule has 20 heavy (non-hydrogen) atoms. The maximum absolute atomic E-state index is 11.8. The summed E-state index contributed by atoms with van der Waals surface area (Å²) < 4.78 is 0. The van der Waals surface area contributed by atoms with Crippen LogP contribution in [-0.2, 0) is 4.79 Å². The number of benzene rings is 1. The maximum atomic E-state index is 11.8. The zero-order valence-corrected chi connectivity index (χ0v) is 12.3. The van der Waals surface area contributed by atoms with Crippen LogP contribution in [0.5, 0.6) is 0 Å². The highest BCUT2D eigenvalue weighted by molar-refractivity contribution is 6.33. The molecule has 0 radical (unpaired) electrons. The molecule has 0 unspecified atom stereocenters. The number of nitrogens with zero attached hydrogens (tertiary/aromatic N) is 2. The fraction of sp³-hybridized carbons (Fsp3) is 0.462. The second-order valence-electron chi connectivity index (χ2n) is 4.13. The summed E-state index contributed by atoms with van der Waals surface area (Å²) in [7, 11) is 0. The molecule has 0 fully saturated rings. The Bertz CT molecular complexity index is 490. The van der Waals surface area contributed by atoms with Gasteiger partial charge in [0.15, 0.2) is 0 Å². The van der Waals surface area contributed by atoms with E-state index in [0.717, 1.165) is 0 Å². The molecule has 1 amide bonds. The molecule has 110 valence electrons. The van der Waals surface area contributed by atoms with Crippen molar-refractivity contribution in [3.8, 4) is 0 Å². The first-order chi connectivity index (χ1) is 9.51. The first kappa shape index (κ1) is 16.2. The average Bonchev–Trinajstić information content (AvgIpc) is 2.41. The SMILES string of the molecule is CCN(CC)C(=O)CCNc1c(Cl)cccc1[N+](=O)[O-]. The number of halogens is 1. The largest absolute Gasteiger partial charge is 0.378 e. The van der Waals surface area contributed by atoms with Crippen molar-refractivity contribution in [2.75, 3.05) is 25.0 Å². The third-order valence-corrected chi connectivity index (χ3v) is 3.26. The Hall–Kier alpha value is -1.82. The van der Waals surface area contributed by atoms with Gasteiger partial charge in [0, 0.05) is 32.1 Å². The van der Waals surface area contributed by atoms with Gasteiger partial charge < -0.3 is 10.2 Å². The van der Waals surface area contributed by atoms with Gasteiger partial charge in [-0.15, -0.1) is 0 Å². The Labute approximate surface area is 122 Å². The minimum absolute atomic E-state index is 0.0113. The number of carbonyl (C=O) groups excluding carboxylic acids is 1. The summed E-state index contributed by atoms with van der Waals surface area (Å²) in [6.07, 6.45) is 0.268. The molecule has 0 aliphatic heterocycles. The number of rotatable bonds is 7. The monoisotopic (exact) mass is 299 g/mol. The van der Waals surface area contributed by atoms with Crippen molar-refractivity contribution in [2.45, 2.75) is 20.3 Å². The van der Waals surface area contributed by atoms with Crippen molar-refractivity contribution >= 4 is 28.9 Å². The molecule has 0 aromatic heterocycles. The van der Waals surface area contributed by atoms with Crippen molar-refractivity contribution in [3.05, 3.63) is 33.3 Å². The van der Waals surface area contributed by atoms with Crippen LogP contribution in [0.1, 0.15) is 20.3 Å². The van der Waals surface area contributed by atoms with E-state index in [1.807, 2.05) is 13.8 Å². The van der Waals surface area contributed by atoms with Gasteiger partial charge in [-0.1, -0.05) is 17.7 Å². The molecule has 1 rings (SSSR count). The fourth-order valence-corrected chi connectivity index (χ4v) is 2.11. The molecule has 0 aliphatic rings. The molecule has 0 saturated carbocycles. The standard InChI is InChI=1S/C13H18ClN3O3/c1-3-16(4-2)12(18)8-9-15-13-10(14)6-5-7-11(13)17(19)20/h5-7,15H,3-4,8-9H2,1-2H3. The third-order valence-electron chi connectivity index (χ3n) is 2.95. The number of anilines is 1. The van der Waals surface area contributed by atoms with Crippen molar-refractivity contribution in [3.63, 3.8) is 0 Å². The van der Waals surface area contributed by atoms with E-state index in [9.17, 15) is 14.9 Å². The van der Waals surface area contributed by atoms with Gasteiger partial charge in [-0.2, -0.15) is 0 Å². The van der Waals surface area contributed by atoms with Gasteiger partial charge in [0.1, 0.15) is 5.69 Å². The van der Waals surface area contributed by atoms with Crippen LogP contribution < -0.4 is 5.32 Å². The van der Waals surface area contributed by atoms with Crippen LogP contribution in [0.25, 0.3) is 0 Å². The topological polar surface area (TPSA) is 75.5 Å². The van der Waals surface area contributed by atoms with E-state index < -0.39 is 4.92 Å². The van der Waals surface area contributed by atoms with Gasteiger partial charge in [-0.25, -0.2) is 0 Å². The first-order valence-electron chi connectivity index (χ1n) is 6.45. The lowest BCUT2D eigenvalue weighted by atomic mass is 10.2. The average molecular weight is 300 g/mol. The molecule has 0 atom stereocenters. The van der Waals surface area contributed by atoms with E-state index in [4.69, 9.17) is 11.6 Å². The maximum Gasteiger partial charge on any atom is 0.293 e. The van der Waals surface area contributed by atoms with Crippen LogP contribution in [0, 0.1) is 10.1 Å². The van der Waals surface area contributed by atoms with E-state index in [-0.39, 0.29) is 28.7 Å². The van der Waals surface area contributed by atoms with Gasteiger partial charge in [-0.3, -0.25) is 14.9 Å². The molecule has 1 aromatic rings. The Morgan fingerprint density at radius 1 is 1.40 bits per heavy atom. The highest BCUT2D eigenvalue weighted by Gasteiger charge is 2.17. The van der Waals surface area contributed by atoms with Crippen LogP contribution in [-0.4, -0.2) is 35.4 Å². The lowest BCUT2D eigenvalue weighted by Gasteiger charge is -2.18. The summed E-state index contributed by atoms with van der Waals surface area (Å²) in [4.78, 5) is 23.9. The van der Waals surface area contributed by atoms with Crippen molar-refractivity contribution < 1.29 is 9.72 Å². The molecule has 0 bridgehead atoms. The van der Waals surface area contributed by atoms with Crippen LogP contribution in [0.3, 0.4) is 0 Å². The van der Waals surface area contributed by atoms with Gasteiger partial charge >= 0.3 is 0 Å². The van der Waals surface area contributed by atoms with Gasteiger partial charge in [-0.05, 0) is 19.9 Å². The Morgan fingerprint density at radius 2 is 2.05 bits per heavy atom. The molecule has 0 spiro atoms. The zero-order valence-electron chi connectivity index (χ0n) is 11.6. The molecule has 7 heteroatoms. The quantitative estimate of drug-likeness (QED) is 0.620. The number of hydrogen-bond acceptors (Lipinski definition) is 4. The van der Waals surface area contributed by atoms with E-state index in [1.54, 1.807) is 11.0 Å². The number of para-hydroxylation sites is 1. The van der Waals surface area contributed by atoms with Crippen molar-refractivity contribution in [1.29, 1.82) is 0 Å². The number of nitro benzene ring substituents is 1. The lowest BCUT2D eigenvalue weighted by Crippen LogP contribution is -2.31. The van der Waals surface area contributed by atoms with Crippen LogP contribution in [0.15, 0.2) is 18.2 Å². The fourth-order valence-electron chi connectivity index (χ4n) is 1.87. The number of hydrogen-bond donors (Lipinski definition) is 1. The molecular weight excluding hydrogens is 282 g/mol. The van der Waals surface area contributed by atoms with Gasteiger partial charge in [0.2, 0.25) is 5.91 Å². The van der Waals surface area contributed by atoms with Crippen LogP contribution in [0.2, 0.25) is 5.02 Å². The summed E-state index contributed by atoms with van der Waals surface area (Å²) >= 11 is 5.94. The second-order valence-corrected chi connectivity index (χ2v) is 4.54. The van der Waals surface area contributed by atoms with E-state index in [1.165, 1.54) is 12.1 Å². The Kier molecular flexibility index (Phi) is 6.24. The smallest absolute Gasteiger partial charge is 0.293 e. The third kappa shape index (κ3) is 4.09. The number of carbonyl (C=O) groups is 1. The lowest BCUT2D eigenvalue weighted by molar-refractivity contribution is -0.383. The number of nitrogens with one attached hydrogen (secondary N) is 1. The highest BCUT2D eigenvalue weighted by atomic mass is 35.5. The molecule has 1 aromatic carbocycles. The summed E-state index contributed by atoms with van der Waals surface area (Å²) in [5.74, 6) is 0.0113. The zero-order chi connectivity index (χ0) is 15.1. The van der Waals surface area contributed by atoms with Crippen LogP contribution >= 0.6 is 11.6 Å². The molecule has 0 heterocycles. The molecule has 1 N–H and O–H groups in total. The summed E-state index contributed by atoms with van der Waals surface area (Å²) in [5, 5.41) is 14.1. The molecule has 6 nitrogen and oxygen atoms in total. The minimum Gasteiger partial charge on any atom is -0.378 e. The molecule has 0 saturated heterocycles. The van der Waals surface area contributed by atoms with Crippen molar-refractivity contribution in [2.24, 2.45) is 0 Å². The normalized spacial score (nSPS) is 10.2. The number of amides is 1. The van der Waals surface area contributed by atoms with Crippen LogP contribution in [0.4, 0.5) is 11.4 Å². The van der Waals surface area contributed by atoms with Gasteiger partial charge in [0.25, 0.3) is 5.69 Å². The molecule has 0 aliphatic carbocycles. The first-order valence-corrected chi connectivity index (χ1v) is 6.83. The number of nitro groups is 1. The van der Waals surface area contributed by atoms with Gasteiger partial charge in [0.05, 0.1) is 9.95 Å². The summed E-state index contributed by atoms with van der Waals surface area (Å²) in [5.41, 5.74) is 0.166. The van der Waals surface area contributed by atoms with Crippen molar-refractivity contribution in [1.82, 2.24) is 4.90 Å². The summed E-state index contributed by atoms with van der Waals surface area (Å²) in [6.45, 7) is 5.44. The summed E-state index contributed by atoms with van der Waals surface area (Å²) in [6, 6.07) is 4.47. The van der Waals surface area contributed by atoms with E-state index in [2.05, 4.69) is 5.32 Å². The Balaban J connectivity index is 2.67. The van der Waals surface area contributed by atoms with E-state index >= 15 is 0 Å². The minimum atomic E-state index is -0.500. The highest BCUT2D eigenvalue weighted by Crippen LogP contribution is 2.31. The predicted octanol–water partition coefficient (Wildman–Crippen LogP) is 2.92.